The SMILES string of the molecule is O=C(Nc1nonc1/C(=N\OC(=O)C(F)(F)F)Nc1ccc(F)c(Br)c1)c1ccc(CN2CCOCC2)cc1. The maximum atomic E-state index is 13.6. The number of benzene rings is 2. The lowest BCUT2D eigenvalue weighted by atomic mass is 10.1. The van der Waals surface area contributed by atoms with Crippen molar-refractivity contribution in [2.24, 2.45) is 5.16 Å². The highest BCUT2D eigenvalue weighted by atomic mass is 79.9. The number of halogens is 5. The van der Waals surface area contributed by atoms with Crippen molar-refractivity contribution >= 4 is 45.1 Å². The van der Waals surface area contributed by atoms with Gasteiger partial charge in [0, 0.05) is 30.9 Å². The number of hydrogen-bond acceptors (Lipinski definition) is 9. The molecule has 3 aromatic rings. The van der Waals surface area contributed by atoms with E-state index in [1.165, 1.54) is 12.1 Å². The Labute approximate surface area is 226 Å². The number of carbonyl (C=O) groups is 2. The van der Waals surface area contributed by atoms with Crippen molar-refractivity contribution in [1.29, 1.82) is 0 Å². The van der Waals surface area contributed by atoms with Crippen LogP contribution in [0.2, 0.25) is 0 Å². The molecule has 2 aromatic carbocycles. The minimum absolute atomic E-state index is 0.0167. The van der Waals surface area contributed by atoms with E-state index in [2.05, 4.69) is 56.4 Å². The van der Waals surface area contributed by atoms with Crippen molar-refractivity contribution in [1.82, 2.24) is 15.2 Å². The Kier molecular flexibility index (Phi) is 8.88. The summed E-state index contributed by atoms with van der Waals surface area (Å²) in [7, 11) is 0. The average molecular weight is 615 g/mol. The predicted octanol–water partition coefficient (Wildman–Crippen LogP) is 3.93. The Morgan fingerprint density at radius 1 is 1.08 bits per heavy atom. The van der Waals surface area contributed by atoms with Crippen LogP contribution in [0.5, 0.6) is 0 Å². The molecule has 4 rings (SSSR count). The van der Waals surface area contributed by atoms with Gasteiger partial charge in [0.1, 0.15) is 5.82 Å². The first kappa shape index (κ1) is 28.1. The number of amidine groups is 1. The van der Waals surface area contributed by atoms with Gasteiger partial charge in [-0.3, -0.25) is 9.69 Å². The number of amides is 1. The maximum Gasteiger partial charge on any atom is 0.493 e. The van der Waals surface area contributed by atoms with E-state index in [1.54, 1.807) is 24.3 Å². The molecule has 1 aliphatic heterocycles. The zero-order valence-corrected chi connectivity index (χ0v) is 21.4. The molecule has 16 heteroatoms. The van der Waals surface area contributed by atoms with E-state index in [4.69, 9.17) is 4.74 Å². The van der Waals surface area contributed by atoms with Gasteiger partial charge in [0.15, 0.2) is 5.69 Å². The average Bonchev–Trinajstić information content (AvgIpc) is 3.36. The van der Waals surface area contributed by atoms with Crippen molar-refractivity contribution in [3.63, 3.8) is 0 Å². The first-order valence-electron chi connectivity index (χ1n) is 11.2. The number of morpholine rings is 1. The molecule has 0 radical (unpaired) electrons. The summed E-state index contributed by atoms with van der Waals surface area (Å²) < 4.78 is 61.5. The number of aromatic nitrogens is 2. The van der Waals surface area contributed by atoms with Gasteiger partial charge in [-0.1, -0.05) is 17.3 Å². The van der Waals surface area contributed by atoms with Gasteiger partial charge in [-0.2, -0.15) is 13.2 Å². The standard InChI is InChI=1S/C23H19BrF4N6O5/c24-16-11-15(5-6-17(16)25)29-19(32-38-22(36)23(26,27)28)18-20(33-39-31-18)30-21(35)14-3-1-13(2-4-14)12-34-7-9-37-10-8-34/h1-6,11H,7-10,12H2,(H,29,32)(H,30,33,35). The zero-order chi connectivity index (χ0) is 28.0. The third-order valence-electron chi connectivity index (χ3n) is 5.30. The summed E-state index contributed by atoms with van der Waals surface area (Å²) in [4.78, 5) is 30.2. The largest absolute Gasteiger partial charge is 0.493 e. The van der Waals surface area contributed by atoms with Crippen LogP contribution in [-0.2, 0) is 20.9 Å². The molecule has 1 saturated heterocycles. The lowest BCUT2D eigenvalue weighted by Gasteiger charge is -2.26. The van der Waals surface area contributed by atoms with Crippen molar-refractivity contribution < 1.29 is 41.4 Å². The molecule has 0 atom stereocenters. The smallest absolute Gasteiger partial charge is 0.379 e. The summed E-state index contributed by atoms with van der Waals surface area (Å²) in [6.45, 7) is 3.60. The number of rotatable bonds is 7. The molecule has 206 valence electrons. The van der Waals surface area contributed by atoms with E-state index >= 15 is 0 Å². The summed E-state index contributed by atoms with van der Waals surface area (Å²) in [6, 6.07) is 10.3. The third kappa shape index (κ3) is 7.58. The Bertz CT molecular complexity index is 1360. The highest BCUT2D eigenvalue weighted by Crippen LogP contribution is 2.23. The van der Waals surface area contributed by atoms with E-state index < -0.39 is 35.4 Å². The summed E-state index contributed by atoms with van der Waals surface area (Å²) in [5.74, 6) is -4.80. The number of nitrogens with zero attached hydrogens (tertiary/aromatic N) is 4. The van der Waals surface area contributed by atoms with E-state index in [1.807, 2.05) is 0 Å². The van der Waals surface area contributed by atoms with Gasteiger partial charge in [0.25, 0.3) is 5.91 Å². The number of carbonyl (C=O) groups excluding carboxylic acids is 2. The molecule has 0 aliphatic carbocycles. The molecule has 2 heterocycles. The number of oxime groups is 1. The van der Waals surface area contributed by atoms with Crippen LogP contribution >= 0.6 is 15.9 Å². The van der Waals surface area contributed by atoms with Crippen LogP contribution in [-0.4, -0.2) is 65.4 Å². The van der Waals surface area contributed by atoms with Crippen LogP contribution in [0.4, 0.5) is 29.1 Å². The second kappa shape index (κ2) is 12.3. The van der Waals surface area contributed by atoms with Crippen LogP contribution in [0.15, 0.2) is 56.7 Å². The molecule has 0 spiro atoms. The number of hydrogen-bond donors (Lipinski definition) is 2. The van der Waals surface area contributed by atoms with Gasteiger partial charge in [-0.25, -0.2) is 13.8 Å². The first-order chi connectivity index (χ1) is 18.6. The molecule has 1 aromatic heterocycles. The first-order valence-corrected chi connectivity index (χ1v) is 12.0. The van der Waals surface area contributed by atoms with Gasteiger partial charge in [-0.05, 0) is 62.1 Å². The van der Waals surface area contributed by atoms with E-state index in [-0.39, 0.29) is 21.5 Å². The quantitative estimate of drug-likeness (QED) is 0.134. The number of alkyl halides is 3. The van der Waals surface area contributed by atoms with Crippen LogP contribution in [0.25, 0.3) is 0 Å². The Hall–Kier alpha value is -3.89. The maximum absolute atomic E-state index is 13.6. The van der Waals surface area contributed by atoms with E-state index in [9.17, 15) is 27.2 Å². The molecule has 0 bridgehead atoms. The van der Waals surface area contributed by atoms with Crippen LogP contribution < -0.4 is 10.6 Å². The lowest BCUT2D eigenvalue weighted by Crippen LogP contribution is -2.35. The molecule has 39 heavy (non-hydrogen) atoms. The Morgan fingerprint density at radius 3 is 2.46 bits per heavy atom. The van der Waals surface area contributed by atoms with Crippen LogP contribution in [0, 0.1) is 5.82 Å². The number of nitrogens with one attached hydrogen (secondary N) is 2. The molecule has 1 fully saturated rings. The number of ether oxygens (including phenoxy) is 1. The van der Waals surface area contributed by atoms with E-state index in [0.717, 1.165) is 24.7 Å². The van der Waals surface area contributed by atoms with Gasteiger partial charge < -0.3 is 20.2 Å². The summed E-state index contributed by atoms with van der Waals surface area (Å²) >= 11 is 2.98. The van der Waals surface area contributed by atoms with Gasteiger partial charge in [0.2, 0.25) is 11.7 Å². The molecule has 1 amide bonds. The van der Waals surface area contributed by atoms with Crippen LogP contribution in [0.1, 0.15) is 21.6 Å². The fourth-order valence-electron chi connectivity index (χ4n) is 3.36. The fourth-order valence-corrected chi connectivity index (χ4v) is 3.74. The molecule has 2 N–H and O–H groups in total. The topological polar surface area (TPSA) is 131 Å². The molecule has 0 saturated carbocycles. The van der Waals surface area contributed by atoms with Gasteiger partial charge in [-0.15, -0.1) is 0 Å². The van der Waals surface area contributed by atoms with Gasteiger partial charge >= 0.3 is 12.1 Å². The monoisotopic (exact) mass is 614 g/mol. The molecule has 1 aliphatic rings. The van der Waals surface area contributed by atoms with Crippen molar-refractivity contribution in [2.45, 2.75) is 12.7 Å². The summed E-state index contributed by atoms with van der Waals surface area (Å²) in [5.41, 5.74) is 0.934. The number of anilines is 2. The molecule has 11 nitrogen and oxygen atoms in total. The zero-order valence-electron chi connectivity index (χ0n) is 19.8. The normalized spacial score (nSPS) is 14.6. The van der Waals surface area contributed by atoms with Crippen molar-refractivity contribution in [3.05, 3.63) is 69.6 Å². The predicted molar refractivity (Wildman–Crippen MR) is 131 cm³/mol. The highest BCUT2D eigenvalue weighted by Gasteiger charge is 2.42. The summed E-state index contributed by atoms with van der Waals surface area (Å²) in [6.07, 6.45) is -5.33. The highest BCUT2D eigenvalue weighted by molar-refractivity contribution is 9.10. The second-order valence-corrected chi connectivity index (χ2v) is 8.93. The minimum Gasteiger partial charge on any atom is -0.379 e. The lowest BCUT2D eigenvalue weighted by molar-refractivity contribution is -0.199. The minimum atomic E-state index is -5.33. The molecular formula is C23H19BrF4N6O5. The summed E-state index contributed by atoms with van der Waals surface area (Å²) in [5, 5.41) is 15.3. The third-order valence-corrected chi connectivity index (χ3v) is 5.91. The van der Waals surface area contributed by atoms with Crippen molar-refractivity contribution in [2.75, 3.05) is 36.9 Å². The fraction of sp³-hybridized carbons (Fsp3) is 0.261. The molecule has 0 unspecified atom stereocenters. The van der Waals surface area contributed by atoms with Gasteiger partial charge in [0.05, 0.1) is 17.7 Å². The second-order valence-electron chi connectivity index (χ2n) is 8.07. The van der Waals surface area contributed by atoms with E-state index in [0.29, 0.717) is 19.8 Å². The molecular weight excluding hydrogens is 596 g/mol. The Morgan fingerprint density at radius 2 is 1.79 bits per heavy atom. The van der Waals surface area contributed by atoms with Crippen molar-refractivity contribution in [3.8, 4) is 0 Å². The van der Waals surface area contributed by atoms with Crippen LogP contribution in [0.3, 0.4) is 0 Å². The Balaban J connectivity index is 1.52.